The largest absolute Gasteiger partial charge is 0.384 e. The summed E-state index contributed by atoms with van der Waals surface area (Å²) in [6, 6.07) is 8.73. The summed E-state index contributed by atoms with van der Waals surface area (Å²) in [5.41, 5.74) is 2.86. The van der Waals surface area contributed by atoms with E-state index in [-0.39, 0.29) is 0 Å². The van der Waals surface area contributed by atoms with E-state index in [1.165, 1.54) is 17.7 Å². The topological polar surface area (TPSA) is 12.0 Å². The third-order valence-corrected chi connectivity index (χ3v) is 3.40. The molecule has 15 heavy (non-hydrogen) atoms. The Morgan fingerprint density at radius 2 is 2.00 bits per heavy atom. The highest BCUT2D eigenvalue weighted by Crippen LogP contribution is 2.38. The molecule has 0 spiro atoms. The quantitative estimate of drug-likeness (QED) is 0.786. The summed E-state index contributed by atoms with van der Waals surface area (Å²) in [7, 11) is 0. The van der Waals surface area contributed by atoms with Crippen molar-refractivity contribution < 1.29 is 0 Å². The number of fused-ring (bicyclic) bond motifs is 1. The number of rotatable bonds is 3. The normalized spacial score (nSPS) is 21.2. The third kappa shape index (κ3) is 2.17. The second-order valence-electron chi connectivity index (χ2n) is 5.18. The lowest BCUT2D eigenvalue weighted by molar-refractivity contribution is 0.388. The summed E-state index contributed by atoms with van der Waals surface area (Å²) in [4.78, 5) is 0. The van der Waals surface area contributed by atoms with Crippen LogP contribution in [-0.4, -0.2) is 6.54 Å². The maximum atomic E-state index is 3.50. The Labute approximate surface area is 92.9 Å². The third-order valence-electron chi connectivity index (χ3n) is 3.40. The molecular weight excluding hydrogens is 182 g/mol. The van der Waals surface area contributed by atoms with E-state index in [2.05, 4.69) is 50.4 Å². The maximum Gasteiger partial charge on any atom is 0.0376 e. The minimum absolute atomic E-state index is 0.712. The van der Waals surface area contributed by atoms with Crippen LogP contribution < -0.4 is 5.32 Å². The fraction of sp³-hybridized carbons (Fsp3) is 0.571. The first-order valence-electron chi connectivity index (χ1n) is 6.01. The minimum atomic E-state index is 0.712. The molecule has 1 aromatic rings. The second-order valence-corrected chi connectivity index (χ2v) is 5.18. The molecule has 1 aromatic carbocycles. The Bertz CT molecular complexity index is 330. The highest BCUT2D eigenvalue weighted by atomic mass is 14.9. The van der Waals surface area contributed by atoms with Crippen molar-refractivity contribution in [3.8, 4) is 0 Å². The molecule has 2 atom stereocenters. The molecular formula is C14H21N. The lowest BCUT2D eigenvalue weighted by Crippen LogP contribution is -2.14. The summed E-state index contributed by atoms with van der Waals surface area (Å²) in [6.45, 7) is 8.12. The van der Waals surface area contributed by atoms with Gasteiger partial charge in [-0.3, -0.25) is 0 Å². The van der Waals surface area contributed by atoms with Crippen molar-refractivity contribution in [1.29, 1.82) is 0 Å². The van der Waals surface area contributed by atoms with Crippen LogP contribution in [0.25, 0.3) is 0 Å². The zero-order valence-corrected chi connectivity index (χ0v) is 9.96. The van der Waals surface area contributed by atoms with Gasteiger partial charge in [-0.1, -0.05) is 39.0 Å². The van der Waals surface area contributed by atoms with Gasteiger partial charge in [0.15, 0.2) is 0 Å². The van der Waals surface area contributed by atoms with E-state index >= 15 is 0 Å². The van der Waals surface area contributed by atoms with Crippen LogP contribution in [0.1, 0.15) is 38.7 Å². The van der Waals surface area contributed by atoms with Crippen molar-refractivity contribution in [2.75, 3.05) is 11.9 Å². The van der Waals surface area contributed by atoms with Gasteiger partial charge in [-0.05, 0) is 29.9 Å². The van der Waals surface area contributed by atoms with Crippen LogP contribution in [0.3, 0.4) is 0 Å². The minimum Gasteiger partial charge on any atom is -0.384 e. The predicted octanol–water partition coefficient (Wildman–Crippen LogP) is 3.88. The van der Waals surface area contributed by atoms with E-state index in [0.29, 0.717) is 5.92 Å². The van der Waals surface area contributed by atoms with Gasteiger partial charge in [0.05, 0.1) is 0 Å². The van der Waals surface area contributed by atoms with Crippen molar-refractivity contribution in [2.45, 2.75) is 33.1 Å². The van der Waals surface area contributed by atoms with E-state index in [4.69, 9.17) is 0 Å². The highest BCUT2D eigenvalue weighted by Gasteiger charge is 2.26. The van der Waals surface area contributed by atoms with Crippen molar-refractivity contribution in [2.24, 2.45) is 11.8 Å². The average Bonchev–Trinajstić information content (AvgIpc) is 2.59. The zero-order chi connectivity index (χ0) is 10.8. The van der Waals surface area contributed by atoms with Gasteiger partial charge >= 0.3 is 0 Å². The number of para-hydroxylation sites is 1. The monoisotopic (exact) mass is 203 g/mol. The molecule has 0 bridgehead atoms. The van der Waals surface area contributed by atoms with Gasteiger partial charge in [-0.15, -0.1) is 0 Å². The number of hydrogen-bond donors (Lipinski definition) is 1. The van der Waals surface area contributed by atoms with E-state index in [1.54, 1.807) is 0 Å². The maximum absolute atomic E-state index is 3.50. The van der Waals surface area contributed by atoms with Crippen LogP contribution in [0.2, 0.25) is 0 Å². The first kappa shape index (κ1) is 10.5. The first-order valence-corrected chi connectivity index (χ1v) is 6.01. The molecule has 1 heterocycles. The molecule has 0 radical (unpaired) electrons. The van der Waals surface area contributed by atoms with Crippen molar-refractivity contribution in [3.63, 3.8) is 0 Å². The summed E-state index contributed by atoms with van der Waals surface area (Å²) in [5.74, 6) is 2.29. The van der Waals surface area contributed by atoms with Gasteiger partial charge < -0.3 is 5.32 Å². The van der Waals surface area contributed by atoms with Gasteiger partial charge in [0.2, 0.25) is 0 Å². The molecule has 0 aliphatic carbocycles. The lowest BCUT2D eigenvalue weighted by Gasteiger charge is -2.21. The molecule has 1 N–H and O–H groups in total. The summed E-state index contributed by atoms with van der Waals surface area (Å²) in [5, 5.41) is 3.50. The summed E-state index contributed by atoms with van der Waals surface area (Å²) in [6.07, 6.45) is 1.32. The average molecular weight is 203 g/mol. The van der Waals surface area contributed by atoms with Crippen LogP contribution in [0, 0.1) is 11.8 Å². The van der Waals surface area contributed by atoms with Gasteiger partial charge in [0.1, 0.15) is 0 Å². The van der Waals surface area contributed by atoms with E-state index in [9.17, 15) is 0 Å². The van der Waals surface area contributed by atoms with Crippen molar-refractivity contribution in [1.82, 2.24) is 0 Å². The Morgan fingerprint density at radius 1 is 1.27 bits per heavy atom. The second kappa shape index (κ2) is 4.26. The molecule has 1 aliphatic rings. The fourth-order valence-corrected chi connectivity index (χ4v) is 2.73. The highest BCUT2D eigenvalue weighted by molar-refractivity contribution is 5.57. The SMILES string of the molecule is CC(C)CC(C)C1CNc2ccccc21. The Morgan fingerprint density at radius 3 is 2.73 bits per heavy atom. The Balaban J connectivity index is 2.13. The van der Waals surface area contributed by atoms with Crippen LogP contribution in [-0.2, 0) is 0 Å². The number of anilines is 1. The molecule has 2 rings (SSSR count). The number of benzene rings is 1. The summed E-state index contributed by atoms with van der Waals surface area (Å²) < 4.78 is 0. The standard InChI is InChI=1S/C14H21N/c1-10(2)8-11(3)13-9-15-14-7-5-4-6-12(13)14/h4-7,10-11,13,15H,8-9H2,1-3H3. The molecule has 0 saturated carbocycles. The zero-order valence-electron chi connectivity index (χ0n) is 9.96. The van der Waals surface area contributed by atoms with E-state index < -0.39 is 0 Å². The molecule has 0 saturated heterocycles. The molecule has 2 unspecified atom stereocenters. The lowest BCUT2D eigenvalue weighted by atomic mass is 9.84. The van der Waals surface area contributed by atoms with Crippen LogP contribution in [0.4, 0.5) is 5.69 Å². The number of hydrogen-bond acceptors (Lipinski definition) is 1. The van der Waals surface area contributed by atoms with Crippen molar-refractivity contribution >= 4 is 5.69 Å². The van der Waals surface area contributed by atoms with Gasteiger partial charge in [-0.2, -0.15) is 0 Å². The predicted molar refractivity (Wildman–Crippen MR) is 66.3 cm³/mol. The van der Waals surface area contributed by atoms with Crippen molar-refractivity contribution in [3.05, 3.63) is 29.8 Å². The molecule has 0 aromatic heterocycles. The molecule has 1 aliphatic heterocycles. The van der Waals surface area contributed by atoms with Gasteiger partial charge in [-0.25, -0.2) is 0 Å². The Hall–Kier alpha value is -0.980. The van der Waals surface area contributed by atoms with Gasteiger partial charge in [0.25, 0.3) is 0 Å². The molecule has 0 fully saturated rings. The van der Waals surface area contributed by atoms with Crippen LogP contribution in [0.15, 0.2) is 24.3 Å². The summed E-state index contributed by atoms with van der Waals surface area (Å²) >= 11 is 0. The molecule has 1 heteroatoms. The molecule has 82 valence electrons. The van der Waals surface area contributed by atoms with Crippen LogP contribution >= 0.6 is 0 Å². The smallest absolute Gasteiger partial charge is 0.0376 e. The fourth-order valence-electron chi connectivity index (χ4n) is 2.73. The Kier molecular flexibility index (Phi) is 2.99. The van der Waals surface area contributed by atoms with E-state index in [1.807, 2.05) is 0 Å². The number of nitrogens with one attached hydrogen (secondary N) is 1. The van der Waals surface area contributed by atoms with E-state index in [0.717, 1.165) is 18.4 Å². The molecule has 0 amide bonds. The first-order chi connectivity index (χ1) is 7.18. The molecule has 1 nitrogen and oxygen atoms in total. The van der Waals surface area contributed by atoms with Gasteiger partial charge in [0, 0.05) is 18.2 Å². The van der Waals surface area contributed by atoms with Crippen LogP contribution in [0.5, 0.6) is 0 Å².